The molecule has 1 aliphatic carbocycles. The van der Waals surface area contributed by atoms with Crippen molar-refractivity contribution >= 4 is 12.1 Å². The van der Waals surface area contributed by atoms with Crippen molar-refractivity contribution < 1.29 is 19.4 Å². The summed E-state index contributed by atoms with van der Waals surface area (Å²) >= 11 is 0. The Balaban J connectivity index is 1.47. The highest BCUT2D eigenvalue weighted by atomic mass is 16.6. The van der Waals surface area contributed by atoms with Gasteiger partial charge in [0.15, 0.2) is 0 Å². The van der Waals surface area contributed by atoms with Gasteiger partial charge in [-0.25, -0.2) is 4.79 Å². The molecular formula is C22H23NO4. The lowest BCUT2D eigenvalue weighted by molar-refractivity contribution is -0.143. The molecule has 1 saturated heterocycles. The topological polar surface area (TPSA) is 66.8 Å². The molecule has 1 heterocycles. The van der Waals surface area contributed by atoms with E-state index in [1.54, 1.807) is 4.90 Å². The Labute approximate surface area is 158 Å². The van der Waals surface area contributed by atoms with Crippen LogP contribution < -0.4 is 0 Å². The van der Waals surface area contributed by atoms with Gasteiger partial charge in [-0.2, -0.15) is 0 Å². The Morgan fingerprint density at radius 3 is 2.15 bits per heavy atom. The van der Waals surface area contributed by atoms with Gasteiger partial charge in [-0.3, -0.25) is 4.79 Å². The van der Waals surface area contributed by atoms with Gasteiger partial charge >= 0.3 is 12.1 Å². The van der Waals surface area contributed by atoms with Crippen LogP contribution >= 0.6 is 0 Å². The molecule has 0 aromatic heterocycles. The predicted octanol–water partition coefficient (Wildman–Crippen LogP) is 4.12. The van der Waals surface area contributed by atoms with Crippen LogP contribution in [0.4, 0.5) is 4.79 Å². The number of fused-ring (bicyclic) bond motifs is 3. The van der Waals surface area contributed by atoms with Crippen LogP contribution in [0.2, 0.25) is 0 Å². The maximum absolute atomic E-state index is 12.6. The summed E-state index contributed by atoms with van der Waals surface area (Å²) in [4.78, 5) is 25.2. The average Bonchev–Trinajstić information content (AvgIpc) is 2.97. The van der Waals surface area contributed by atoms with Crippen molar-refractivity contribution in [3.8, 4) is 11.1 Å². The van der Waals surface area contributed by atoms with Crippen LogP contribution in [0.15, 0.2) is 48.5 Å². The molecule has 0 radical (unpaired) electrons. The number of carboxylic acid groups (broad SMARTS) is 1. The van der Waals surface area contributed by atoms with Gasteiger partial charge in [0.25, 0.3) is 0 Å². The van der Waals surface area contributed by atoms with Gasteiger partial charge in [-0.15, -0.1) is 0 Å². The zero-order valence-corrected chi connectivity index (χ0v) is 15.5. The molecular weight excluding hydrogens is 342 g/mol. The fraction of sp³-hybridized carbons (Fsp3) is 0.364. The summed E-state index contributed by atoms with van der Waals surface area (Å²) in [5.74, 6) is -0.851. The van der Waals surface area contributed by atoms with Gasteiger partial charge in [-0.1, -0.05) is 48.5 Å². The second-order valence-electron chi connectivity index (χ2n) is 7.86. The summed E-state index contributed by atoms with van der Waals surface area (Å²) in [7, 11) is 0. The van der Waals surface area contributed by atoms with Crippen LogP contribution in [0.3, 0.4) is 0 Å². The summed E-state index contributed by atoms with van der Waals surface area (Å²) in [5, 5.41) is 9.00. The lowest BCUT2D eigenvalue weighted by Crippen LogP contribution is -2.66. The van der Waals surface area contributed by atoms with Gasteiger partial charge in [0.05, 0.1) is 6.42 Å². The van der Waals surface area contributed by atoms with E-state index in [4.69, 9.17) is 9.84 Å². The third kappa shape index (κ3) is 2.87. The number of carboxylic acids is 1. The number of amides is 1. The second kappa shape index (κ2) is 6.41. The van der Waals surface area contributed by atoms with E-state index in [1.165, 1.54) is 22.3 Å². The Bertz CT molecular complexity index is 859. The highest BCUT2D eigenvalue weighted by Gasteiger charge is 2.50. The zero-order chi connectivity index (χ0) is 19.2. The molecule has 1 atom stereocenters. The molecule has 0 spiro atoms. The van der Waals surface area contributed by atoms with Crippen LogP contribution in [0, 0.1) is 5.92 Å². The molecule has 5 nitrogen and oxygen atoms in total. The number of ether oxygens (including phenoxy) is 1. The first-order valence-corrected chi connectivity index (χ1v) is 9.24. The number of aliphatic carboxylic acids is 1. The van der Waals surface area contributed by atoms with E-state index >= 15 is 0 Å². The maximum Gasteiger partial charge on any atom is 0.410 e. The molecule has 0 saturated carbocycles. The number of carbonyl (C=O) groups excluding carboxylic acids is 1. The van der Waals surface area contributed by atoms with Crippen molar-refractivity contribution in [3.05, 3.63) is 59.7 Å². The Morgan fingerprint density at radius 2 is 1.63 bits per heavy atom. The van der Waals surface area contributed by atoms with Gasteiger partial charge in [0, 0.05) is 23.9 Å². The minimum atomic E-state index is -0.833. The molecule has 1 aliphatic heterocycles. The lowest BCUT2D eigenvalue weighted by atomic mass is 9.75. The van der Waals surface area contributed by atoms with Crippen molar-refractivity contribution in [2.45, 2.75) is 31.7 Å². The van der Waals surface area contributed by atoms with Crippen LogP contribution in [0.5, 0.6) is 0 Å². The molecule has 140 valence electrons. The monoisotopic (exact) mass is 365 g/mol. The van der Waals surface area contributed by atoms with E-state index in [0.29, 0.717) is 6.54 Å². The summed E-state index contributed by atoms with van der Waals surface area (Å²) in [6.07, 6.45) is -0.302. The summed E-state index contributed by atoms with van der Waals surface area (Å²) < 4.78 is 5.67. The Morgan fingerprint density at radius 1 is 1.07 bits per heavy atom. The van der Waals surface area contributed by atoms with Crippen LogP contribution in [0.1, 0.15) is 37.3 Å². The van der Waals surface area contributed by atoms with Gasteiger partial charge in [-0.05, 0) is 36.1 Å². The summed E-state index contributed by atoms with van der Waals surface area (Å²) in [5.41, 5.74) is 4.25. The standard InChI is InChI=1S/C22H23NO4/c1-22(2)14(11-20(24)25)12-23(22)21(26)27-13-19-17-9-5-3-7-15(17)16-8-4-6-10-18(16)19/h3-10,14,19H,11-13H2,1-2H3,(H,24,25). The zero-order valence-electron chi connectivity index (χ0n) is 15.5. The number of hydrogen-bond acceptors (Lipinski definition) is 3. The Hall–Kier alpha value is -2.82. The molecule has 1 fully saturated rings. The normalized spacial score (nSPS) is 19.8. The fourth-order valence-corrected chi connectivity index (χ4v) is 4.29. The molecule has 2 aliphatic rings. The maximum atomic E-state index is 12.6. The van der Waals surface area contributed by atoms with E-state index in [-0.39, 0.29) is 31.0 Å². The molecule has 0 bridgehead atoms. The molecule has 5 heteroatoms. The molecule has 2 aromatic carbocycles. The molecule has 1 amide bonds. The highest BCUT2D eigenvalue weighted by molar-refractivity contribution is 5.79. The van der Waals surface area contributed by atoms with Crippen LogP contribution in [-0.4, -0.2) is 40.8 Å². The first kappa shape index (κ1) is 17.6. The van der Waals surface area contributed by atoms with Crippen molar-refractivity contribution in [2.24, 2.45) is 5.92 Å². The van der Waals surface area contributed by atoms with E-state index in [2.05, 4.69) is 24.3 Å². The average molecular weight is 365 g/mol. The molecule has 27 heavy (non-hydrogen) atoms. The van der Waals surface area contributed by atoms with E-state index in [0.717, 1.165) is 0 Å². The molecule has 4 rings (SSSR count). The van der Waals surface area contributed by atoms with E-state index < -0.39 is 11.5 Å². The number of carbonyl (C=O) groups is 2. The number of likely N-dealkylation sites (tertiary alicyclic amines) is 1. The van der Waals surface area contributed by atoms with Crippen molar-refractivity contribution in [3.63, 3.8) is 0 Å². The van der Waals surface area contributed by atoms with Gasteiger partial charge in [0.1, 0.15) is 6.61 Å². The minimum absolute atomic E-state index is 0.0283. The Kier molecular flexibility index (Phi) is 4.17. The molecule has 1 N–H and O–H groups in total. The van der Waals surface area contributed by atoms with Gasteiger partial charge in [0.2, 0.25) is 0 Å². The molecule has 1 unspecified atom stereocenters. The minimum Gasteiger partial charge on any atom is -0.481 e. The fourth-order valence-electron chi connectivity index (χ4n) is 4.29. The van der Waals surface area contributed by atoms with E-state index in [9.17, 15) is 9.59 Å². The predicted molar refractivity (Wildman–Crippen MR) is 102 cm³/mol. The van der Waals surface area contributed by atoms with Crippen molar-refractivity contribution in [1.29, 1.82) is 0 Å². The molecule has 2 aromatic rings. The smallest absolute Gasteiger partial charge is 0.410 e. The quantitative estimate of drug-likeness (QED) is 0.885. The first-order valence-electron chi connectivity index (χ1n) is 9.24. The summed E-state index contributed by atoms with van der Waals surface area (Å²) in [6, 6.07) is 16.4. The summed E-state index contributed by atoms with van der Waals surface area (Å²) in [6.45, 7) is 4.50. The first-order chi connectivity index (χ1) is 12.9. The lowest BCUT2D eigenvalue weighted by Gasteiger charge is -2.53. The van der Waals surface area contributed by atoms with Crippen molar-refractivity contribution in [2.75, 3.05) is 13.2 Å². The van der Waals surface area contributed by atoms with E-state index in [1.807, 2.05) is 38.1 Å². The third-order valence-electron chi connectivity index (χ3n) is 6.08. The highest BCUT2D eigenvalue weighted by Crippen LogP contribution is 2.45. The number of rotatable bonds is 4. The van der Waals surface area contributed by atoms with Gasteiger partial charge < -0.3 is 14.7 Å². The largest absolute Gasteiger partial charge is 0.481 e. The van der Waals surface area contributed by atoms with Crippen molar-refractivity contribution in [1.82, 2.24) is 4.90 Å². The number of nitrogens with zero attached hydrogens (tertiary/aromatic N) is 1. The SMILES string of the molecule is CC1(C)C(CC(=O)O)CN1C(=O)OCC1c2ccccc2-c2ccccc21. The third-order valence-corrected chi connectivity index (χ3v) is 6.08. The number of hydrogen-bond donors (Lipinski definition) is 1. The van der Waals surface area contributed by atoms with Crippen LogP contribution in [0.25, 0.3) is 11.1 Å². The second-order valence-corrected chi connectivity index (χ2v) is 7.86. The number of benzene rings is 2. The van der Waals surface area contributed by atoms with Crippen LogP contribution in [-0.2, 0) is 9.53 Å².